The summed E-state index contributed by atoms with van der Waals surface area (Å²) in [6.45, 7) is 7.23. The number of aryl methyl sites for hydroxylation is 1. The van der Waals surface area contributed by atoms with Crippen LogP contribution in [0.25, 0.3) is 5.76 Å². The number of carbonyl (C=O) groups is 2. The smallest absolute Gasteiger partial charge is 0.295 e. The highest BCUT2D eigenvalue weighted by molar-refractivity contribution is 6.46. The summed E-state index contributed by atoms with van der Waals surface area (Å²) in [6.07, 6.45) is 0.541. The second-order valence-corrected chi connectivity index (χ2v) is 8.61. The molecule has 33 heavy (non-hydrogen) atoms. The number of hydrogen-bond donors (Lipinski definition) is 2. The molecule has 0 saturated carbocycles. The first kappa shape index (κ1) is 24.3. The number of nitrogens with zero attached hydrogens (tertiary/aromatic N) is 1. The summed E-state index contributed by atoms with van der Waals surface area (Å²) in [5.41, 5.74) is 1.84. The van der Waals surface area contributed by atoms with Gasteiger partial charge in [0.15, 0.2) is 0 Å². The third kappa shape index (κ3) is 5.37. The minimum absolute atomic E-state index is 0.0297. The van der Waals surface area contributed by atoms with Crippen LogP contribution in [0.15, 0.2) is 48.0 Å². The standard InChI is InChI=1S/C26H31NO6/c1-16(2)15-33-20-10-11-21(17(3)14-20)24(29)22-23(18-6-8-19(28)9-7-18)27(12-5-13-32-4)26(31)25(22)30/h6-11,14,16,23,28-29H,5,12-13,15H2,1-4H3/t23-/m1/s1. The van der Waals surface area contributed by atoms with Gasteiger partial charge in [0, 0.05) is 25.8 Å². The van der Waals surface area contributed by atoms with Crippen molar-refractivity contribution in [3.05, 3.63) is 64.7 Å². The van der Waals surface area contributed by atoms with E-state index in [-0.39, 0.29) is 17.1 Å². The van der Waals surface area contributed by atoms with Crippen LogP contribution in [0.2, 0.25) is 0 Å². The van der Waals surface area contributed by atoms with E-state index in [2.05, 4.69) is 13.8 Å². The van der Waals surface area contributed by atoms with Gasteiger partial charge in [0.05, 0.1) is 18.2 Å². The Morgan fingerprint density at radius 2 is 1.82 bits per heavy atom. The number of aliphatic hydroxyl groups is 1. The van der Waals surface area contributed by atoms with Crippen LogP contribution in [0, 0.1) is 12.8 Å². The number of phenols is 1. The summed E-state index contributed by atoms with van der Waals surface area (Å²) in [7, 11) is 1.57. The van der Waals surface area contributed by atoms with E-state index in [0.29, 0.717) is 49.0 Å². The zero-order valence-corrected chi connectivity index (χ0v) is 19.5. The average Bonchev–Trinajstić information content (AvgIpc) is 3.03. The largest absolute Gasteiger partial charge is 0.508 e. The van der Waals surface area contributed by atoms with Gasteiger partial charge in [0.1, 0.15) is 17.3 Å². The van der Waals surface area contributed by atoms with Crippen molar-refractivity contribution in [2.45, 2.75) is 33.2 Å². The van der Waals surface area contributed by atoms with Gasteiger partial charge in [-0.1, -0.05) is 26.0 Å². The van der Waals surface area contributed by atoms with E-state index in [4.69, 9.17) is 9.47 Å². The van der Waals surface area contributed by atoms with Crippen LogP contribution in [-0.2, 0) is 14.3 Å². The molecule has 176 valence electrons. The highest BCUT2D eigenvalue weighted by atomic mass is 16.5. The number of Topliss-reactive ketones (excluding diaryl/α,β-unsaturated/α-hetero) is 1. The van der Waals surface area contributed by atoms with Gasteiger partial charge in [-0.3, -0.25) is 9.59 Å². The number of ketones is 1. The second-order valence-electron chi connectivity index (χ2n) is 8.61. The molecule has 3 rings (SSSR count). The summed E-state index contributed by atoms with van der Waals surface area (Å²) in [5, 5.41) is 20.9. The minimum atomic E-state index is -0.765. The lowest BCUT2D eigenvalue weighted by Gasteiger charge is -2.25. The molecule has 1 fully saturated rings. The molecule has 0 aromatic heterocycles. The molecule has 2 N–H and O–H groups in total. The van der Waals surface area contributed by atoms with Gasteiger partial charge in [-0.05, 0) is 60.7 Å². The fraction of sp³-hybridized carbons (Fsp3) is 0.385. The van der Waals surface area contributed by atoms with Gasteiger partial charge >= 0.3 is 0 Å². The quantitative estimate of drug-likeness (QED) is 0.256. The third-order valence-electron chi connectivity index (χ3n) is 5.53. The zero-order chi connectivity index (χ0) is 24.1. The normalized spacial score (nSPS) is 17.7. The Bertz CT molecular complexity index is 1040. The summed E-state index contributed by atoms with van der Waals surface area (Å²) in [5.74, 6) is -0.509. The molecule has 1 aliphatic heterocycles. The van der Waals surface area contributed by atoms with Crippen molar-refractivity contribution in [3.63, 3.8) is 0 Å². The maximum Gasteiger partial charge on any atom is 0.295 e. The number of hydrogen-bond acceptors (Lipinski definition) is 6. The molecule has 7 nitrogen and oxygen atoms in total. The number of methoxy groups -OCH3 is 1. The lowest BCUT2D eigenvalue weighted by Crippen LogP contribution is -2.31. The molecular formula is C26H31NO6. The van der Waals surface area contributed by atoms with Crippen molar-refractivity contribution in [1.82, 2.24) is 4.90 Å². The molecular weight excluding hydrogens is 422 g/mol. The Morgan fingerprint density at radius 3 is 2.42 bits per heavy atom. The van der Waals surface area contributed by atoms with E-state index in [1.807, 2.05) is 13.0 Å². The van der Waals surface area contributed by atoms with Gasteiger partial charge < -0.3 is 24.6 Å². The van der Waals surface area contributed by atoms with Crippen LogP contribution in [0.5, 0.6) is 11.5 Å². The lowest BCUT2D eigenvalue weighted by atomic mass is 9.94. The second kappa shape index (κ2) is 10.5. The number of amides is 1. The number of aliphatic hydroxyl groups excluding tert-OH is 1. The van der Waals surface area contributed by atoms with Gasteiger partial charge in [-0.2, -0.15) is 0 Å². The summed E-state index contributed by atoms with van der Waals surface area (Å²) in [4.78, 5) is 27.4. The van der Waals surface area contributed by atoms with Crippen LogP contribution in [0.3, 0.4) is 0 Å². The fourth-order valence-corrected chi connectivity index (χ4v) is 3.89. The van der Waals surface area contributed by atoms with E-state index in [9.17, 15) is 19.8 Å². The number of ether oxygens (including phenoxy) is 2. The van der Waals surface area contributed by atoms with Gasteiger partial charge in [0.25, 0.3) is 11.7 Å². The Morgan fingerprint density at radius 1 is 1.12 bits per heavy atom. The van der Waals surface area contributed by atoms with Gasteiger partial charge in [0.2, 0.25) is 0 Å². The Kier molecular flexibility index (Phi) is 7.76. The molecule has 1 heterocycles. The molecule has 2 aromatic carbocycles. The molecule has 0 radical (unpaired) electrons. The van der Waals surface area contributed by atoms with Crippen molar-refractivity contribution in [2.24, 2.45) is 5.92 Å². The molecule has 1 atom stereocenters. The van der Waals surface area contributed by atoms with Gasteiger partial charge in [-0.25, -0.2) is 0 Å². The SMILES string of the molecule is COCCCN1C(=O)C(=O)C(=C(O)c2ccc(OCC(C)C)cc2C)[C@H]1c1ccc(O)cc1. The number of carbonyl (C=O) groups excluding carboxylic acids is 2. The maximum absolute atomic E-state index is 13.1. The van der Waals surface area contributed by atoms with E-state index >= 15 is 0 Å². The van der Waals surface area contributed by atoms with Gasteiger partial charge in [-0.15, -0.1) is 0 Å². The number of aromatic hydroxyl groups is 1. The van der Waals surface area contributed by atoms with Crippen molar-refractivity contribution in [2.75, 3.05) is 26.9 Å². The van der Waals surface area contributed by atoms with Crippen molar-refractivity contribution >= 4 is 17.4 Å². The first-order valence-corrected chi connectivity index (χ1v) is 11.0. The van der Waals surface area contributed by atoms with Crippen molar-refractivity contribution in [1.29, 1.82) is 0 Å². The molecule has 1 aliphatic rings. The predicted octanol–water partition coefficient (Wildman–Crippen LogP) is 4.19. The van der Waals surface area contributed by atoms with Crippen molar-refractivity contribution in [3.8, 4) is 11.5 Å². The molecule has 0 spiro atoms. The predicted molar refractivity (Wildman–Crippen MR) is 125 cm³/mol. The van der Waals surface area contributed by atoms with Crippen LogP contribution in [0.1, 0.15) is 43.0 Å². The number of rotatable bonds is 9. The zero-order valence-electron chi connectivity index (χ0n) is 19.5. The average molecular weight is 454 g/mol. The minimum Gasteiger partial charge on any atom is -0.508 e. The Hall–Kier alpha value is -3.32. The highest BCUT2D eigenvalue weighted by Crippen LogP contribution is 2.40. The number of benzene rings is 2. The molecule has 7 heteroatoms. The third-order valence-corrected chi connectivity index (χ3v) is 5.53. The van der Waals surface area contributed by atoms with E-state index in [1.165, 1.54) is 17.0 Å². The Balaban J connectivity index is 2.05. The Labute approximate surface area is 194 Å². The van der Waals surface area contributed by atoms with Crippen LogP contribution in [0.4, 0.5) is 0 Å². The van der Waals surface area contributed by atoms with E-state index in [1.54, 1.807) is 31.4 Å². The van der Waals surface area contributed by atoms with E-state index in [0.717, 1.165) is 5.56 Å². The number of phenolic OH excluding ortho intramolecular Hbond substituents is 1. The molecule has 0 unspecified atom stereocenters. The van der Waals surface area contributed by atoms with Crippen LogP contribution < -0.4 is 4.74 Å². The molecule has 1 saturated heterocycles. The molecule has 0 aliphatic carbocycles. The molecule has 0 bridgehead atoms. The van der Waals surface area contributed by atoms with Crippen molar-refractivity contribution < 1.29 is 29.3 Å². The summed E-state index contributed by atoms with van der Waals surface area (Å²) in [6, 6.07) is 10.8. The topological polar surface area (TPSA) is 96.3 Å². The lowest BCUT2D eigenvalue weighted by molar-refractivity contribution is -0.140. The molecule has 2 aromatic rings. The van der Waals surface area contributed by atoms with Crippen LogP contribution >= 0.6 is 0 Å². The first-order chi connectivity index (χ1) is 15.7. The van der Waals surface area contributed by atoms with Crippen LogP contribution in [-0.4, -0.2) is 53.7 Å². The molecule has 1 amide bonds. The monoisotopic (exact) mass is 453 g/mol. The number of likely N-dealkylation sites (tertiary alicyclic amines) is 1. The summed E-state index contributed by atoms with van der Waals surface area (Å²) < 4.78 is 10.9. The summed E-state index contributed by atoms with van der Waals surface area (Å²) >= 11 is 0. The first-order valence-electron chi connectivity index (χ1n) is 11.0. The highest BCUT2D eigenvalue weighted by Gasteiger charge is 2.45. The fourth-order valence-electron chi connectivity index (χ4n) is 3.89. The van der Waals surface area contributed by atoms with E-state index < -0.39 is 17.7 Å². The maximum atomic E-state index is 13.1.